The highest BCUT2D eigenvalue weighted by Gasteiger charge is 2.16. The second-order valence-corrected chi connectivity index (χ2v) is 5.55. The Balaban J connectivity index is 1.48. The van der Waals surface area contributed by atoms with Crippen LogP contribution in [0.1, 0.15) is 18.4 Å². The minimum Gasteiger partial charge on any atom is -0.382 e. The van der Waals surface area contributed by atoms with Crippen LogP contribution in [0.3, 0.4) is 0 Å². The van der Waals surface area contributed by atoms with Crippen LogP contribution in [-0.2, 0) is 0 Å². The number of hydrogen-bond acceptors (Lipinski definition) is 2. The SMILES string of the molecule is C(=CN1CCC(Nc2ccccc2)CC1)c1ccccc1. The molecule has 0 atom stereocenters. The number of nitrogens with zero attached hydrogens (tertiary/aromatic N) is 1. The maximum Gasteiger partial charge on any atom is 0.0342 e. The van der Waals surface area contributed by atoms with Crippen molar-refractivity contribution in [3.8, 4) is 0 Å². The van der Waals surface area contributed by atoms with Crippen LogP contribution in [0, 0.1) is 0 Å². The third kappa shape index (κ3) is 4.12. The van der Waals surface area contributed by atoms with Crippen LogP contribution in [0.2, 0.25) is 0 Å². The summed E-state index contributed by atoms with van der Waals surface area (Å²) in [6.07, 6.45) is 6.81. The molecule has 0 aliphatic carbocycles. The van der Waals surface area contributed by atoms with Gasteiger partial charge in [0.15, 0.2) is 0 Å². The molecule has 2 heteroatoms. The van der Waals surface area contributed by atoms with E-state index in [0.717, 1.165) is 13.1 Å². The molecule has 0 saturated carbocycles. The predicted octanol–water partition coefficient (Wildman–Crippen LogP) is 4.23. The molecule has 1 aliphatic heterocycles. The van der Waals surface area contributed by atoms with E-state index in [2.05, 4.69) is 83.2 Å². The Kier molecular flexibility index (Phi) is 4.57. The van der Waals surface area contributed by atoms with Crippen molar-refractivity contribution in [3.05, 3.63) is 72.4 Å². The van der Waals surface area contributed by atoms with Gasteiger partial charge in [0.2, 0.25) is 0 Å². The molecule has 1 fully saturated rings. The predicted molar refractivity (Wildman–Crippen MR) is 90.1 cm³/mol. The standard InChI is InChI=1S/C19H22N2/c1-3-7-17(8-4-1)11-14-21-15-12-19(13-16-21)20-18-9-5-2-6-10-18/h1-11,14,19-20H,12-13,15-16H2. The first kappa shape index (κ1) is 13.7. The molecule has 0 unspecified atom stereocenters. The van der Waals surface area contributed by atoms with Gasteiger partial charge >= 0.3 is 0 Å². The number of benzene rings is 2. The van der Waals surface area contributed by atoms with Crippen LogP contribution in [0.25, 0.3) is 6.08 Å². The Morgan fingerprint density at radius 2 is 1.48 bits per heavy atom. The molecule has 1 saturated heterocycles. The lowest BCUT2D eigenvalue weighted by Crippen LogP contribution is -2.36. The maximum absolute atomic E-state index is 3.62. The van der Waals surface area contributed by atoms with E-state index in [9.17, 15) is 0 Å². The molecule has 0 spiro atoms. The first-order valence-corrected chi connectivity index (χ1v) is 7.69. The van der Waals surface area contributed by atoms with E-state index in [1.807, 2.05) is 0 Å². The van der Waals surface area contributed by atoms with Gasteiger partial charge in [-0.2, -0.15) is 0 Å². The molecule has 2 aromatic carbocycles. The quantitative estimate of drug-likeness (QED) is 0.900. The first-order chi connectivity index (χ1) is 10.4. The van der Waals surface area contributed by atoms with E-state index in [1.165, 1.54) is 24.1 Å². The number of likely N-dealkylation sites (tertiary alicyclic amines) is 1. The molecule has 0 bridgehead atoms. The molecule has 3 rings (SSSR count). The summed E-state index contributed by atoms with van der Waals surface area (Å²) in [5.41, 5.74) is 2.50. The van der Waals surface area contributed by atoms with Crippen LogP contribution >= 0.6 is 0 Å². The highest BCUT2D eigenvalue weighted by atomic mass is 15.1. The van der Waals surface area contributed by atoms with Gasteiger partial charge in [0.1, 0.15) is 0 Å². The van der Waals surface area contributed by atoms with E-state index in [1.54, 1.807) is 0 Å². The normalized spacial score (nSPS) is 16.3. The van der Waals surface area contributed by atoms with Crippen LogP contribution in [0.15, 0.2) is 66.9 Å². The lowest BCUT2D eigenvalue weighted by Gasteiger charge is -2.32. The molecule has 2 aromatic rings. The molecule has 0 aromatic heterocycles. The van der Waals surface area contributed by atoms with Crippen molar-refractivity contribution in [2.24, 2.45) is 0 Å². The number of nitrogens with one attached hydrogen (secondary N) is 1. The third-order valence-electron chi connectivity index (χ3n) is 3.95. The van der Waals surface area contributed by atoms with Gasteiger partial charge in [0.05, 0.1) is 0 Å². The molecule has 1 heterocycles. The number of hydrogen-bond donors (Lipinski definition) is 1. The highest BCUT2D eigenvalue weighted by Crippen LogP contribution is 2.17. The van der Waals surface area contributed by atoms with Gasteiger partial charge < -0.3 is 10.2 Å². The summed E-state index contributed by atoms with van der Waals surface area (Å²) in [6.45, 7) is 2.24. The van der Waals surface area contributed by atoms with Crippen LogP contribution in [0.4, 0.5) is 5.69 Å². The molecule has 1 aliphatic rings. The van der Waals surface area contributed by atoms with Crippen LogP contribution in [0.5, 0.6) is 0 Å². The topological polar surface area (TPSA) is 15.3 Å². The van der Waals surface area contributed by atoms with Crippen LogP contribution in [-0.4, -0.2) is 24.0 Å². The second-order valence-electron chi connectivity index (χ2n) is 5.55. The zero-order valence-electron chi connectivity index (χ0n) is 12.3. The smallest absolute Gasteiger partial charge is 0.0342 e. The van der Waals surface area contributed by atoms with Gasteiger partial charge in [0, 0.05) is 24.8 Å². The van der Waals surface area contributed by atoms with E-state index >= 15 is 0 Å². The van der Waals surface area contributed by atoms with E-state index in [4.69, 9.17) is 0 Å². The number of rotatable bonds is 4. The van der Waals surface area contributed by atoms with Crippen molar-refractivity contribution in [3.63, 3.8) is 0 Å². The monoisotopic (exact) mass is 278 g/mol. The van der Waals surface area contributed by atoms with Crippen molar-refractivity contribution in [1.82, 2.24) is 4.90 Å². The average Bonchev–Trinajstić information content (AvgIpc) is 2.56. The van der Waals surface area contributed by atoms with Gasteiger partial charge in [-0.15, -0.1) is 0 Å². The fraction of sp³-hybridized carbons (Fsp3) is 0.263. The molecule has 2 nitrogen and oxygen atoms in total. The summed E-state index contributed by atoms with van der Waals surface area (Å²) in [7, 11) is 0. The Morgan fingerprint density at radius 3 is 2.14 bits per heavy atom. The zero-order valence-corrected chi connectivity index (χ0v) is 12.3. The lowest BCUT2D eigenvalue weighted by atomic mass is 10.0. The summed E-state index contributed by atoms with van der Waals surface area (Å²) >= 11 is 0. The zero-order chi connectivity index (χ0) is 14.3. The van der Waals surface area contributed by atoms with Gasteiger partial charge in [0.25, 0.3) is 0 Å². The van der Waals surface area contributed by atoms with Gasteiger partial charge in [-0.3, -0.25) is 0 Å². The number of piperidine rings is 1. The van der Waals surface area contributed by atoms with E-state index in [0.29, 0.717) is 6.04 Å². The van der Waals surface area contributed by atoms with Crippen molar-refractivity contribution >= 4 is 11.8 Å². The molecular weight excluding hydrogens is 256 g/mol. The maximum atomic E-state index is 3.62. The average molecular weight is 278 g/mol. The van der Waals surface area contributed by atoms with Crippen molar-refractivity contribution in [1.29, 1.82) is 0 Å². The Hall–Kier alpha value is -2.22. The fourth-order valence-corrected chi connectivity index (χ4v) is 2.72. The van der Waals surface area contributed by atoms with Crippen molar-refractivity contribution < 1.29 is 0 Å². The number of anilines is 1. The summed E-state index contributed by atoms with van der Waals surface area (Å²) in [6, 6.07) is 21.6. The Labute approximate surface area is 127 Å². The summed E-state index contributed by atoms with van der Waals surface area (Å²) in [5, 5.41) is 3.62. The van der Waals surface area contributed by atoms with E-state index < -0.39 is 0 Å². The number of para-hydroxylation sites is 1. The molecule has 21 heavy (non-hydrogen) atoms. The van der Waals surface area contributed by atoms with Gasteiger partial charge in [-0.05, 0) is 42.8 Å². The second kappa shape index (κ2) is 6.98. The summed E-state index contributed by atoms with van der Waals surface area (Å²) in [5.74, 6) is 0. The first-order valence-electron chi connectivity index (χ1n) is 7.69. The lowest BCUT2D eigenvalue weighted by molar-refractivity contribution is 0.295. The van der Waals surface area contributed by atoms with Crippen molar-refractivity contribution in [2.45, 2.75) is 18.9 Å². The minimum absolute atomic E-state index is 0.591. The minimum atomic E-state index is 0.591. The molecule has 0 radical (unpaired) electrons. The molecule has 0 amide bonds. The molecule has 108 valence electrons. The van der Waals surface area contributed by atoms with Gasteiger partial charge in [-0.1, -0.05) is 48.5 Å². The molecule has 1 N–H and O–H groups in total. The fourth-order valence-electron chi connectivity index (χ4n) is 2.72. The van der Waals surface area contributed by atoms with Crippen molar-refractivity contribution in [2.75, 3.05) is 18.4 Å². The van der Waals surface area contributed by atoms with Crippen LogP contribution < -0.4 is 5.32 Å². The Bertz CT molecular complexity index is 555. The largest absolute Gasteiger partial charge is 0.382 e. The molecular formula is C19H22N2. The highest BCUT2D eigenvalue weighted by molar-refractivity contribution is 5.48. The van der Waals surface area contributed by atoms with Gasteiger partial charge in [-0.25, -0.2) is 0 Å². The van der Waals surface area contributed by atoms with E-state index in [-0.39, 0.29) is 0 Å². The Morgan fingerprint density at radius 1 is 0.857 bits per heavy atom. The summed E-state index contributed by atoms with van der Waals surface area (Å²) < 4.78 is 0. The third-order valence-corrected chi connectivity index (χ3v) is 3.95. The summed E-state index contributed by atoms with van der Waals surface area (Å²) in [4.78, 5) is 2.41.